The van der Waals surface area contributed by atoms with Crippen LogP contribution in [-0.2, 0) is 10.0 Å². The van der Waals surface area contributed by atoms with Gasteiger partial charge in [0.25, 0.3) is 5.91 Å². The molecule has 3 heterocycles. The van der Waals surface area contributed by atoms with Crippen LogP contribution in [0.5, 0.6) is 0 Å². The molecule has 0 aliphatic carbocycles. The number of sulfonamides is 1. The van der Waals surface area contributed by atoms with Gasteiger partial charge >= 0.3 is 0 Å². The van der Waals surface area contributed by atoms with Gasteiger partial charge in [0, 0.05) is 67.0 Å². The number of rotatable bonds is 8. The number of benzene rings is 2. The highest BCUT2D eigenvalue weighted by Gasteiger charge is 2.22. The lowest BCUT2D eigenvalue weighted by Crippen LogP contribution is -2.46. The quantitative estimate of drug-likeness (QED) is 0.319. The van der Waals surface area contributed by atoms with Crippen LogP contribution in [0.4, 0.5) is 10.1 Å². The van der Waals surface area contributed by atoms with Gasteiger partial charge in [-0.2, -0.15) is 5.10 Å². The molecule has 210 valence electrons. The first kappa shape index (κ1) is 29.2. The highest BCUT2D eigenvalue weighted by atomic mass is 35.5. The maximum Gasteiger partial charge on any atom is 0.253 e. The fourth-order valence-corrected chi connectivity index (χ4v) is 5.67. The lowest BCUT2D eigenvalue weighted by molar-refractivity contribution is 0.0736. The smallest absolute Gasteiger partial charge is 0.253 e. The Morgan fingerprint density at radius 2 is 1.73 bits per heavy atom. The number of pyridine rings is 1. The summed E-state index contributed by atoms with van der Waals surface area (Å²) in [6.07, 6.45) is 5.36. The molecule has 12 heteroatoms. The van der Waals surface area contributed by atoms with E-state index in [-0.39, 0.29) is 35.3 Å². The molecule has 0 bridgehead atoms. The second-order valence-electron chi connectivity index (χ2n) is 9.25. The van der Waals surface area contributed by atoms with Gasteiger partial charge in [0.2, 0.25) is 10.0 Å². The van der Waals surface area contributed by atoms with Gasteiger partial charge < -0.3 is 10.2 Å². The number of hydrogen-bond donors (Lipinski definition) is 2. The van der Waals surface area contributed by atoms with Crippen molar-refractivity contribution < 1.29 is 17.6 Å². The summed E-state index contributed by atoms with van der Waals surface area (Å²) in [6.45, 7) is 4.62. The Morgan fingerprint density at radius 1 is 1.02 bits per heavy atom. The van der Waals surface area contributed by atoms with E-state index < -0.39 is 15.8 Å². The zero-order valence-corrected chi connectivity index (χ0v) is 23.5. The van der Waals surface area contributed by atoms with Crippen LogP contribution in [0.1, 0.15) is 23.7 Å². The van der Waals surface area contributed by atoms with E-state index in [9.17, 15) is 13.2 Å². The Morgan fingerprint density at radius 3 is 2.40 bits per heavy atom. The third kappa shape index (κ3) is 6.33. The average molecular weight is 585 g/mol. The summed E-state index contributed by atoms with van der Waals surface area (Å²) >= 11 is 0. The van der Waals surface area contributed by atoms with Crippen LogP contribution in [0, 0.1) is 5.82 Å². The van der Waals surface area contributed by atoms with Crippen LogP contribution in [0.15, 0.2) is 73.2 Å². The van der Waals surface area contributed by atoms with Crippen molar-refractivity contribution in [2.45, 2.75) is 13.3 Å². The van der Waals surface area contributed by atoms with Crippen molar-refractivity contribution in [3.8, 4) is 28.1 Å². The van der Waals surface area contributed by atoms with Gasteiger partial charge in [-0.3, -0.25) is 14.5 Å². The van der Waals surface area contributed by atoms with E-state index in [1.165, 1.54) is 6.07 Å². The molecule has 1 saturated heterocycles. The van der Waals surface area contributed by atoms with Gasteiger partial charge in [-0.1, -0.05) is 19.1 Å². The molecule has 1 fully saturated rings. The predicted octanol–water partition coefficient (Wildman–Crippen LogP) is 4.36. The Kier molecular flexibility index (Phi) is 9.18. The SMILES string of the molecule is CCCS(=O)(=O)Nc1cccc(-c2cn(-c3ccc(C(=O)N4CCNCC4)cc3)nc2-c2ccncc2)c1F.Cl. The Hall–Kier alpha value is -3.80. The first-order chi connectivity index (χ1) is 18.9. The van der Waals surface area contributed by atoms with Crippen LogP contribution in [0.2, 0.25) is 0 Å². The second kappa shape index (κ2) is 12.6. The van der Waals surface area contributed by atoms with E-state index in [1.807, 2.05) is 4.90 Å². The molecule has 1 aliphatic heterocycles. The molecule has 0 radical (unpaired) electrons. The van der Waals surface area contributed by atoms with Crippen LogP contribution >= 0.6 is 12.4 Å². The van der Waals surface area contributed by atoms with Gasteiger partial charge in [0.15, 0.2) is 5.82 Å². The lowest BCUT2D eigenvalue weighted by atomic mass is 10.0. The fourth-order valence-electron chi connectivity index (χ4n) is 4.54. The molecule has 2 N–H and O–H groups in total. The van der Waals surface area contributed by atoms with Gasteiger partial charge in [0.05, 0.1) is 17.1 Å². The molecular weight excluding hydrogens is 555 g/mol. The number of piperazine rings is 1. The Labute approximate surface area is 238 Å². The number of halogens is 2. The number of aromatic nitrogens is 3. The van der Waals surface area contributed by atoms with Crippen LogP contribution in [0.3, 0.4) is 0 Å². The van der Waals surface area contributed by atoms with E-state index in [0.717, 1.165) is 18.7 Å². The minimum atomic E-state index is -3.68. The fraction of sp³-hybridized carbons (Fsp3) is 0.250. The molecule has 9 nitrogen and oxygen atoms in total. The number of carbonyl (C=O) groups excluding carboxylic acids is 1. The summed E-state index contributed by atoms with van der Waals surface area (Å²) in [5.74, 6) is -0.820. The molecule has 5 rings (SSSR count). The minimum Gasteiger partial charge on any atom is -0.336 e. The van der Waals surface area contributed by atoms with Crippen molar-refractivity contribution in [2.24, 2.45) is 0 Å². The van der Waals surface area contributed by atoms with E-state index in [0.29, 0.717) is 42.0 Å². The standard InChI is InChI=1S/C28H29FN6O3S.ClH/c1-2-18-39(37,38)33-25-5-3-4-23(26(25)29)24-19-35(32-27(24)20-10-12-30-13-11-20)22-8-6-21(7-9-22)28(36)34-16-14-31-15-17-34;/h3-13,19,31,33H,2,14-18H2,1H3;1H. The lowest BCUT2D eigenvalue weighted by Gasteiger charge is -2.27. The van der Waals surface area contributed by atoms with Crippen LogP contribution in [-0.4, -0.2) is 65.9 Å². The first-order valence-electron chi connectivity index (χ1n) is 12.8. The van der Waals surface area contributed by atoms with Crippen molar-refractivity contribution >= 4 is 34.0 Å². The highest BCUT2D eigenvalue weighted by Crippen LogP contribution is 2.35. The molecule has 1 aliphatic rings. The third-order valence-corrected chi connectivity index (χ3v) is 7.95. The average Bonchev–Trinajstić information content (AvgIpc) is 3.40. The third-order valence-electron chi connectivity index (χ3n) is 6.48. The molecule has 0 saturated carbocycles. The maximum atomic E-state index is 15.7. The van der Waals surface area contributed by atoms with E-state index in [4.69, 9.17) is 5.10 Å². The molecule has 0 unspecified atom stereocenters. The number of amides is 1. The van der Waals surface area contributed by atoms with Crippen molar-refractivity contribution in [2.75, 3.05) is 36.7 Å². The van der Waals surface area contributed by atoms with Crippen LogP contribution in [0.25, 0.3) is 28.1 Å². The van der Waals surface area contributed by atoms with Crippen molar-refractivity contribution in [3.05, 3.63) is 84.6 Å². The summed E-state index contributed by atoms with van der Waals surface area (Å²) < 4.78 is 44.4. The summed E-state index contributed by atoms with van der Waals surface area (Å²) in [6, 6.07) is 15.3. The van der Waals surface area contributed by atoms with Crippen molar-refractivity contribution in [3.63, 3.8) is 0 Å². The summed E-state index contributed by atoms with van der Waals surface area (Å²) in [7, 11) is -3.68. The largest absolute Gasteiger partial charge is 0.336 e. The molecule has 4 aromatic rings. The normalized spacial score (nSPS) is 13.5. The molecule has 40 heavy (non-hydrogen) atoms. The summed E-state index contributed by atoms with van der Waals surface area (Å²) in [5.41, 5.74) is 3.07. The molecule has 2 aromatic heterocycles. The number of carbonyl (C=O) groups is 1. The molecule has 1 amide bonds. The van der Waals surface area contributed by atoms with E-state index >= 15 is 4.39 Å². The minimum absolute atomic E-state index is 0. The van der Waals surface area contributed by atoms with Crippen LogP contribution < -0.4 is 10.0 Å². The summed E-state index contributed by atoms with van der Waals surface area (Å²) in [4.78, 5) is 18.8. The summed E-state index contributed by atoms with van der Waals surface area (Å²) in [5, 5.41) is 7.99. The van der Waals surface area contributed by atoms with Gasteiger partial charge in [0.1, 0.15) is 5.69 Å². The zero-order valence-electron chi connectivity index (χ0n) is 21.9. The van der Waals surface area contributed by atoms with Crippen molar-refractivity contribution in [1.29, 1.82) is 0 Å². The molecule has 2 aromatic carbocycles. The van der Waals surface area contributed by atoms with Gasteiger partial charge in [-0.05, 0) is 48.9 Å². The molecular formula is C28H30ClFN6O3S. The number of nitrogens with zero attached hydrogens (tertiary/aromatic N) is 4. The monoisotopic (exact) mass is 584 g/mol. The maximum absolute atomic E-state index is 15.7. The number of nitrogens with one attached hydrogen (secondary N) is 2. The Bertz CT molecular complexity index is 1570. The van der Waals surface area contributed by atoms with Gasteiger partial charge in [-0.25, -0.2) is 17.5 Å². The number of hydrogen-bond acceptors (Lipinski definition) is 6. The van der Waals surface area contributed by atoms with Crippen molar-refractivity contribution in [1.82, 2.24) is 25.0 Å². The van der Waals surface area contributed by atoms with Gasteiger partial charge in [-0.15, -0.1) is 12.4 Å². The van der Waals surface area contributed by atoms with E-state index in [2.05, 4.69) is 15.0 Å². The molecule has 0 spiro atoms. The molecule has 0 atom stereocenters. The zero-order chi connectivity index (χ0) is 27.4. The highest BCUT2D eigenvalue weighted by molar-refractivity contribution is 7.92. The second-order valence-corrected chi connectivity index (χ2v) is 11.1. The van der Waals surface area contributed by atoms with E-state index in [1.54, 1.807) is 78.7 Å². The first-order valence-corrected chi connectivity index (χ1v) is 14.4. The Balaban J connectivity index is 0.00000370. The topological polar surface area (TPSA) is 109 Å². The predicted molar refractivity (Wildman–Crippen MR) is 156 cm³/mol. The number of anilines is 1.